The molecule has 1 heterocycles. The van der Waals surface area contributed by atoms with E-state index in [1.807, 2.05) is 39.0 Å². The maximum absolute atomic E-state index is 12.2. The maximum atomic E-state index is 12.2. The van der Waals surface area contributed by atoms with Crippen molar-refractivity contribution in [2.24, 2.45) is 0 Å². The fourth-order valence-corrected chi connectivity index (χ4v) is 2.01. The number of carbonyl (C=O) groups excluding carboxylic acids is 2. The molecule has 0 aliphatic carbocycles. The van der Waals surface area contributed by atoms with Gasteiger partial charge in [-0.1, -0.05) is 12.1 Å². The molecule has 1 aliphatic heterocycles. The highest BCUT2D eigenvalue weighted by molar-refractivity contribution is 6.08. The molecule has 0 bridgehead atoms. The number of benzene rings is 1. The van der Waals surface area contributed by atoms with E-state index >= 15 is 0 Å². The predicted octanol–water partition coefficient (Wildman–Crippen LogP) is 2.59. The van der Waals surface area contributed by atoms with E-state index in [-0.39, 0.29) is 17.4 Å². The lowest BCUT2D eigenvalue weighted by Gasteiger charge is -2.32. The summed E-state index contributed by atoms with van der Waals surface area (Å²) in [6.45, 7) is 6.25. The largest absolute Gasteiger partial charge is 0.333 e. The number of hydrogen-bond donors (Lipinski definition) is 1. The summed E-state index contributed by atoms with van der Waals surface area (Å²) in [7, 11) is 0. The van der Waals surface area contributed by atoms with Gasteiger partial charge in [-0.3, -0.25) is 9.69 Å². The van der Waals surface area contributed by atoms with Gasteiger partial charge in [-0.15, -0.1) is 0 Å². The standard InChI is InChI=1S/C14H18N2O2/c1-14(2,3)15-13(18)16-9-8-12(17)10-6-4-5-7-11(10)16/h4-7H,8-9H2,1-3H3,(H,15,18). The summed E-state index contributed by atoms with van der Waals surface area (Å²) in [6, 6.07) is 7.10. The molecular formula is C14H18N2O2. The van der Waals surface area contributed by atoms with E-state index in [0.717, 1.165) is 0 Å². The molecule has 1 aromatic rings. The first kappa shape index (κ1) is 12.6. The molecule has 0 saturated carbocycles. The molecule has 4 nitrogen and oxygen atoms in total. The number of para-hydroxylation sites is 1. The van der Waals surface area contributed by atoms with Crippen LogP contribution in [0.2, 0.25) is 0 Å². The van der Waals surface area contributed by atoms with Crippen LogP contribution in [0.15, 0.2) is 24.3 Å². The number of rotatable bonds is 0. The number of Topliss-reactive ketones (excluding diaryl/α,β-unsaturated/α-hetero) is 1. The third-order valence-corrected chi connectivity index (χ3v) is 2.78. The molecule has 18 heavy (non-hydrogen) atoms. The van der Waals surface area contributed by atoms with Crippen molar-refractivity contribution in [1.29, 1.82) is 0 Å². The minimum atomic E-state index is -0.284. The van der Waals surface area contributed by atoms with Gasteiger partial charge in [-0.25, -0.2) is 4.79 Å². The Labute approximate surface area is 107 Å². The van der Waals surface area contributed by atoms with Crippen molar-refractivity contribution in [3.8, 4) is 0 Å². The maximum Gasteiger partial charge on any atom is 0.322 e. The van der Waals surface area contributed by atoms with Gasteiger partial charge in [0.1, 0.15) is 0 Å². The summed E-state index contributed by atoms with van der Waals surface area (Å²) < 4.78 is 0. The minimum Gasteiger partial charge on any atom is -0.333 e. The Balaban J connectivity index is 2.29. The van der Waals surface area contributed by atoms with E-state index in [1.165, 1.54) is 0 Å². The molecular weight excluding hydrogens is 228 g/mol. The van der Waals surface area contributed by atoms with Crippen molar-refractivity contribution in [2.45, 2.75) is 32.7 Å². The van der Waals surface area contributed by atoms with Crippen LogP contribution >= 0.6 is 0 Å². The molecule has 0 atom stereocenters. The van der Waals surface area contributed by atoms with Gasteiger partial charge in [-0.2, -0.15) is 0 Å². The lowest BCUT2D eigenvalue weighted by molar-refractivity contribution is 0.0981. The first-order chi connectivity index (χ1) is 8.38. The molecule has 1 aliphatic rings. The summed E-state index contributed by atoms with van der Waals surface area (Å²) in [6.07, 6.45) is 0.384. The Morgan fingerprint density at radius 2 is 1.94 bits per heavy atom. The predicted molar refractivity (Wildman–Crippen MR) is 71.0 cm³/mol. The number of amides is 2. The van der Waals surface area contributed by atoms with Crippen LogP contribution in [0.5, 0.6) is 0 Å². The van der Waals surface area contributed by atoms with E-state index in [4.69, 9.17) is 0 Å². The average molecular weight is 246 g/mol. The Kier molecular flexibility index (Phi) is 3.11. The number of nitrogens with one attached hydrogen (secondary N) is 1. The van der Waals surface area contributed by atoms with Crippen LogP contribution in [0.4, 0.5) is 10.5 Å². The molecule has 1 aromatic carbocycles. The zero-order valence-corrected chi connectivity index (χ0v) is 11.0. The van der Waals surface area contributed by atoms with Crippen LogP contribution in [0.3, 0.4) is 0 Å². The zero-order chi connectivity index (χ0) is 13.3. The minimum absolute atomic E-state index is 0.102. The number of hydrogen-bond acceptors (Lipinski definition) is 2. The van der Waals surface area contributed by atoms with Crippen LogP contribution in [0, 0.1) is 0 Å². The average Bonchev–Trinajstić information content (AvgIpc) is 2.27. The van der Waals surface area contributed by atoms with Gasteiger partial charge in [0.2, 0.25) is 0 Å². The fraction of sp³-hybridized carbons (Fsp3) is 0.429. The second kappa shape index (κ2) is 4.44. The quantitative estimate of drug-likeness (QED) is 0.765. The summed E-state index contributed by atoms with van der Waals surface area (Å²) in [4.78, 5) is 25.6. The molecule has 0 unspecified atom stereocenters. The SMILES string of the molecule is CC(C)(C)NC(=O)N1CCC(=O)c2ccccc21. The lowest BCUT2D eigenvalue weighted by Crippen LogP contribution is -2.50. The van der Waals surface area contributed by atoms with E-state index in [9.17, 15) is 9.59 Å². The molecule has 2 rings (SSSR count). The van der Waals surface area contributed by atoms with Crippen molar-refractivity contribution < 1.29 is 9.59 Å². The molecule has 0 radical (unpaired) electrons. The van der Waals surface area contributed by atoms with Crippen molar-refractivity contribution in [1.82, 2.24) is 5.32 Å². The summed E-state index contributed by atoms with van der Waals surface area (Å²) in [5, 5.41) is 2.92. The van der Waals surface area contributed by atoms with Crippen molar-refractivity contribution in [2.75, 3.05) is 11.4 Å². The van der Waals surface area contributed by atoms with E-state index in [0.29, 0.717) is 24.2 Å². The molecule has 0 spiro atoms. The van der Waals surface area contributed by atoms with Crippen LogP contribution in [0.25, 0.3) is 0 Å². The van der Waals surface area contributed by atoms with Crippen molar-refractivity contribution in [3.05, 3.63) is 29.8 Å². The second-order valence-electron chi connectivity index (χ2n) is 5.52. The number of ketones is 1. The normalized spacial score (nSPS) is 15.3. The lowest BCUT2D eigenvalue weighted by atomic mass is 10.0. The Morgan fingerprint density at radius 1 is 1.28 bits per heavy atom. The summed E-state index contributed by atoms with van der Waals surface area (Å²) in [5.41, 5.74) is 1.05. The Morgan fingerprint density at radius 3 is 2.61 bits per heavy atom. The first-order valence-electron chi connectivity index (χ1n) is 6.10. The fourth-order valence-electron chi connectivity index (χ4n) is 2.01. The van der Waals surface area contributed by atoms with E-state index in [2.05, 4.69) is 5.32 Å². The molecule has 2 amide bonds. The molecule has 0 fully saturated rings. The van der Waals surface area contributed by atoms with Crippen molar-refractivity contribution in [3.63, 3.8) is 0 Å². The molecule has 96 valence electrons. The highest BCUT2D eigenvalue weighted by Gasteiger charge is 2.28. The smallest absolute Gasteiger partial charge is 0.322 e. The van der Waals surface area contributed by atoms with E-state index < -0.39 is 0 Å². The second-order valence-corrected chi connectivity index (χ2v) is 5.52. The van der Waals surface area contributed by atoms with Gasteiger partial charge < -0.3 is 5.32 Å². The number of fused-ring (bicyclic) bond motifs is 1. The molecule has 0 aromatic heterocycles. The van der Waals surface area contributed by atoms with Crippen LogP contribution in [-0.2, 0) is 0 Å². The van der Waals surface area contributed by atoms with Gasteiger partial charge >= 0.3 is 6.03 Å². The van der Waals surface area contributed by atoms with Crippen molar-refractivity contribution >= 4 is 17.5 Å². The number of carbonyl (C=O) groups is 2. The topological polar surface area (TPSA) is 49.4 Å². The van der Waals surface area contributed by atoms with Gasteiger partial charge in [0.05, 0.1) is 5.69 Å². The van der Waals surface area contributed by atoms with Crippen LogP contribution in [0.1, 0.15) is 37.6 Å². The van der Waals surface area contributed by atoms with Crippen LogP contribution < -0.4 is 10.2 Å². The number of urea groups is 1. The first-order valence-corrected chi connectivity index (χ1v) is 6.10. The summed E-state index contributed by atoms with van der Waals surface area (Å²) >= 11 is 0. The molecule has 4 heteroatoms. The van der Waals surface area contributed by atoms with Gasteiger partial charge in [0, 0.05) is 24.1 Å². The molecule has 1 N–H and O–H groups in total. The monoisotopic (exact) mass is 246 g/mol. The van der Waals surface area contributed by atoms with Crippen LogP contribution in [-0.4, -0.2) is 23.9 Å². The Hall–Kier alpha value is -1.84. The number of nitrogens with zero attached hydrogens (tertiary/aromatic N) is 1. The third kappa shape index (κ3) is 2.53. The van der Waals surface area contributed by atoms with Gasteiger partial charge in [0.25, 0.3) is 0 Å². The highest BCUT2D eigenvalue weighted by atomic mass is 16.2. The van der Waals surface area contributed by atoms with Gasteiger partial charge in [0.15, 0.2) is 5.78 Å². The van der Waals surface area contributed by atoms with Gasteiger partial charge in [-0.05, 0) is 32.9 Å². The third-order valence-electron chi connectivity index (χ3n) is 2.78. The zero-order valence-electron chi connectivity index (χ0n) is 11.0. The number of anilines is 1. The highest BCUT2D eigenvalue weighted by Crippen LogP contribution is 2.26. The summed E-state index contributed by atoms with van der Waals surface area (Å²) in [5.74, 6) is 0.102. The molecule has 0 saturated heterocycles. The van der Waals surface area contributed by atoms with E-state index in [1.54, 1.807) is 11.0 Å². The Bertz CT molecular complexity index is 489.